The highest BCUT2D eigenvalue weighted by molar-refractivity contribution is 5.88. The van der Waals surface area contributed by atoms with Crippen LogP contribution in [0.15, 0.2) is 29.4 Å². The van der Waals surface area contributed by atoms with E-state index in [0.29, 0.717) is 17.8 Å². The van der Waals surface area contributed by atoms with Gasteiger partial charge in [-0.1, -0.05) is 0 Å². The number of nitrogens with zero attached hydrogens (tertiary/aromatic N) is 1. The second-order valence-corrected chi connectivity index (χ2v) is 3.75. The normalized spacial score (nSPS) is 10.9. The molecule has 3 N–H and O–H groups in total. The van der Waals surface area contributed by atoms with E-state index in [-0.39, 0.29) is 11.4 Å². The number of anilines is 1. The maximum absolute atomic E-state index is 13.2. The fourth-order valence-electron chi connectivity index (χ4n) is 1.39. The predicted molar refractivity (Wildman–Crippen MR) is 65.3 cm³/mol. The first-order chi connectivity index (χ1) is 9.47. The minimum Gasteiger partial charge on any atom is -0.477 e. The van der Waals surface area contributed by atoms with E-state index < -0.39 is 23.4 Å². The van der Waals surface area contributed by atoms with E-state index in [9.17, 15) is 18.0 Å². The van der Waals surface area contributed by atoms with E-state index in [2.05, 4.69) is 15.5 Å². The molecular formula is C12H8F3N3O2. The summed E-state index contributed by atoms with van der Waals surface area (Å²) in [7, 11) is 0. The lowest BCUT2D eigenvalue weighted by atomic mass is 10.3. The number of carbonyl (C=O) groups is 1. The molecule has 0 fully saturated rings. The number of aromatic amines is 1. The number of hydrazone groups is 1. The number of aromatic nitrogens is 1. The first-order valence-corrected chi connectivity index (χ1v) is 5.33. The molecule has 2 rings (SSSR count). The molecule has 0 saturated carbocycles. The van der Waals surface area contributed by atoms with Gasteiger partial charge in [-0.25, -0.2) is 18.0 Å². The zero-order valence-corrected chi connectivity index (χ0v) is 9.82. The molecule has 0 aliphatic carbocycles. The molecule has 104 valence electrons. The summed E-state index contributed by atoms with van der Waals surface area (Å²) in [5.74, 6) is -4.65. The summed E-state index contributed by atoms with van der Waals surface area (Å²) in [4.78, 5) is 13.1. The first-order valence-electron chi connectivity index (χ1n) is 5.33. The lowest BCUT2D eigenvalue weighted by molar-refractivity contribution is 0.0691. The summed E-state index contributed by atoms with van der Waals surface area (Å²) >= 11 is 0. The van der Waals surface area contributed by atoms with Crippen molar-refractivity contribution in [3.63, 3.8) is 0 Å². The molecule has 0 spiro atoms. The Bertz CT molecular complexity index is 683. The van der Waals surface area contributed by atoms with Crippen LogP contribution in [0.25, 0.3) is 0 Å². The van der Waals surface area contributed by atoms with Crippen molar-refractivity contribution in [3.05, 3.63) is 53.1 Å². The Morgan fingerprint density at radius 2 is 1.90 bits per heavy atom. The number of carboxylic acid groups (broad SMARTS) is 1. The van der Waals surface area contributed by atoms with E-state index in [0.717, 1.165) is 0 Å². The Hall–Kier alpha value is -2.77. The van der Waals surface area contributed by atoms with Crippen LogP contribution in [0.2, 0.25) is 0 Å². The summed E-state index contributed by atoms with van der Waals surface area (Å²) in [6.45, 7) is 0. The van der Waals surface area contributed by atoms with Crippen molar-refractivity contribution >= 4 is 17.9 Å². The topological polar surface area (TPSA) is 77.5 Å². The maximum atomic E-state index is 13.2. The number of benzene rings is 1. The van der Waals surface area contributed by atoms with Crippen molar-refractivity contribution in [1.82, 2.24) is 4.98 Å². The van der Waals surface area contributed by atoms with E-state index in [1.807, 2.05) is 0 Å². The molecule has 20 heavy (non-hydrogen) atoms. The Morgan fingerprint density at radius 1 is 1.20 bits per heavy atom. The van der Waals surface area contributed by atoms with Crippen molar-refractivity contribution in [2.75, 3.05) is 5.43 Å². The van der Waals surface area contributed by atoms with Gasteiger partial charge in [0, 0.05) is 12.1 Å². The van der Waals surface area contributed by atoms with Gasteiger partial charge in [-0.15, -0.1) is 0 Å². The average molecular weight is 283 g/mol. The SMILES string of the molecule is O=C(O)c1ccc(/C=N/Nc2cc(F)c(F)cc2F)[nH]1. The first kappa shape index (κ1) is 13.7. The van der Waals surface area contributed by atoms with Gasteiger partial charge in [-0.05, 0) is 12.1 Å². The highest BCUT2D eigenvalue weighted by atomic mass is 19.2. The Balaban J connectivity index is 2.09. The second kappa shape index (κ2) is 5.47. The minimum absolute atomic E-state index is 0.0366. The Kier molecular flexibility index (Phi) is 3.74. The van der Waals surface area contributed by atoms with Gasteiger partial charge in [0.2, 0.25) is 0 Å². The molecule has 0 amide bonds. The monoisotopic (exact) mass is 283 g/mol. The lowest BCUT2D eigenvalue weighted by Crippen LogP contribution is -1.98. The van der Waals surface area contributed by atoms with Crippen molar-refractivity contribution in [1.29, 1.82) is 0 Å². The number of aromatic carboxylic acids is 1. The third kappa shape index (κ3) is 2.97. The molecule has 1 heterocycles. The van der Waals surface area contributed by atoms with Gasteiger partial charge in [0.05, 0.1) is 17.6 Å². The number of hydrogen-bond donors (Lipinski definition) is 3. The highest BCUT2D eigenvalue weighted by Crippen LogP contribution is 2.18. The van der Waals surface area contributed by atoms with Crippen LogP contribution in [0.3, 0.4) is 0 Å². The lowest BCUT2D eigenvalue weighted by Gasteiger charge is -2.02. The molecular weight excluding hydrogens is 275 g/mol. The van der Waals surface area contributed by atoms with E-state index >= 15 is 0 Å². The highest BCUT2D eigenvalue weighted by Gasteiger charge is 2.09. The zero-order valence-electron chi connectivity index (χ0n) is 9.82. The molecule has 1 aromatic carbocycles. The Morgan fingerprint density at radius 3 is 2.55 bits per heavy atom. The van der Waals surface area contributed by atoms with Crippen LogP contribution >= 0.6 is 0 Å². The molecule has 1 aromatic heterocycles. The van der Waals surface area contributed by atoms with Gasteiger partial charge in [0.25, 0.3) is 0 Å². The smallest absolute Gasteiger partial charge is 0.352 e. The fourth-order valence-corrected chi connectivity index (χ4v) is 1.39. The van der Waals surface area contributed by atoms with Gasteiger partial charge in [0.15, 0.2) is 17.5 Å². The zero-order chi connectivity index (χ0) is 14.7. The van der Waals surface area contributed by atoms with Gasteiger partial charge in [-0.2, -0.15) is 5.10 Å². The van der Waals surface area contributed by atoms with Crippen LogP contribution in [0, 0.1) is 17.5 Å². The van der Waals surface area contributed by atoms with Crippen LogP contribution in [0.4, 0.5) is 18.9 Å². The third-order valence-electron chi connectivity index (χ3n) is 2.34. The van der Waals surface area contributed by atoms with Crippen LogP contribution in [-0.4, -0.2) is 22.3 Å². The molecule has 0 radical (unpaired) electrons. The molecule has 0 unspecified atom stereocenters. The van der Waals surface area contributed by atoms with Crippen LogP contribution < -0.4 is 5.43 Å². The largest absolute Gasteiger partial charge is 0.477 e. The maximum Gasteiger partial charge on any atom is 0.352 e. The van der Waals surface area contributed by atoms with Gasteiger partial charge in [0.1, 0.15) is 5.69 Å². The molecule has 0 aliphatic rings. The molecule has 8 heteroatoms. The van der Waals surface area contributed by atoms with Crippen molar-refractivity contribution in [2.45, 2.75) is 0 Å². The van der Waals surface area contributed by atoms with Gasteiger partial charge in [-0.3, -0.25) is 5.43 Å². The van der Waals surface area contributed by atoms with Gasteiger partial charge >= 0.3 is 5.97 Å². The summed E-state index contributed by atoms with van der Waals surface area (Å²) in [6.07, 6.45) is 1.17. The number of halogens is 3. The summed E-state index contributed by atoms with van der Waals surface area (Å²) in [6, 6.07) is 3.78. The van der Waals surface area contributed by atoms with E-state index in [4.69, 9.17) is 5.11 Å². The van der Waals surface area contributed by atoms with Crippen molar-refractivity contribution in [2.24, 2.45) is 5.10 Å². The van der Waals surface area contributed by atoms with E-state index in [1.165, 1.54) is 18.3 Å². The third-order valence-corrected chi connectivity index (χ3v) is 2.34. The number of rotatable bonds is 4. The Labute approximate surface area is 110 Å². The predicted octanol–water partition coefficient (Wildman–Crippen LogP) is 2.58. The number of hydrogen-bond acceptors (Lipinski definition) is 3. The van der Waals surface area contributed by atoms with Crippen molar-refractivity contribution in [3.8, 4) is 0 Å². The summed E-state index contributed by atoms with van der Waals surface area (Å²) in [5.41, 5.74) is 2.15. The second-order valence-electron chi connectivity index (χ2n) is 3.75. The summed E-state index contributed by atoms with van der Waals surface area (Å²) < 4.78 is 38.8. The van der Waals surface area contributed by atoms with Crippen LogP contribution in [-0.2, 0) is 0 Å². The summed E-state index contributed by atoms with van der Waals surface area (Å²) in [5, 5.41) is 12.3. The molecule has 2 aromatic rings. The molecule has 0 saturated heterocycles. The van der Waals surface area contributed by atoms with Crippen molar-refractivity contribution < 1.29 is 23.1 Å². The number of H-pyrrole nitrogens is 1. The van der Waals surface area contributed by atoms with E-state index in [1.54, 1.807) is 0 Å². The molecule has 0 bridgehead atoms. The standard InChI is InChI=1S/C12H8F3N3O2/c13-7-3-9(15)11(4-8(7)14)18-16-5-6-1-2-10(17-6)12(19)20/h1-5,17-18H,(H,19,20)/b16-5+. The molecule has 5 nitrogen and oxygen atoms in total. The molecule has 0 atom stereocenters. The molecule has 0 aliphatic heterocycles. The fraction of sp³-hybridized carbons (Fsp3) is 0. The quantitative estimate of drug-likeness (QED) is 0.458. The van der Waals surface area contributed by atoms with Crippen LogP contribution in [0.1, 0.15) is 16.2 Å². The van der Waals surface area contributed by atoms with Crippen LogP contribution in [0.5, 0.6) is 0 Å². The minimum atomic E-state index is -1.30. The van der Waals surface area contributed by atoms with Gasteiger partial charge < -0.3 is 10.1 Å². The number of carboxylic acids is 1. The number of nitrogens with one attached hydrogen (secondary N) is 2. The average Bonchev–Trinajstić information content (AvgIpc) is 2.84.